The lowest BCUT2D eigenvalue weighted by Crippen LogP contribution is -2.27. The normalized spacial score (nSPS) is 10.8. The van der Waals surface area contributed by atoms with Crippen LogP contribution in [0.1, 0.15) is 20.8 Å². The van der Waals surface area contributed by atoms with Crippen molar-refractivity contribution in [2.24, 2.45) is 0 Å². The molecule has 1 amide bonds. The Kier molecular flexibility index (Phi) is 3.83. The van der Waals surface area contributed by atoms with Crippen LogP contribution in [0.3, 0.4) is 0 Å². The molecule has 0 aliphatic carbocycles. The van der Waals surface area contributed by atoms with Gasteiger partial charge in [-0.3, -0.25) is 5.32 Å². The highest BCUT2D eigenvalue weighted by atomic mass is 16.6. The smallest absolute Gasteiger partial charge is 0.412 e. The van der Waals surface area contributed by atoms with Gasteiger partial charge in [-0.25, -0.2) is 4.79 Å². The Morgan fingerprint density at radius 2 is 2.00 bits per heavy atom. The maximum Gasteiger partial charge on any atom is 0.412 e. The first kappa shape index (κ1) is 13.2. The lowest BCUT2D eigenvalue weighted by molar-refractivity contribution is 0.0635. The fraction of sp³-hybridized carbons (Fsp3) is 0.417. The van der Waals surface area contributed by atoms with Crippen LogP contribution in [-0.2, 0) is 4.74 Å². The molecule has 0 spiro atoms. The lowest BCUT2D eigenvalue weighted by atomic mass is 10.2. The second-order valence-electron chi connectivity index (χ2n) is 4.48. The summed E-state index contributed by atoms with van der Waals surface area (Å²) in [6, 6.07) is 4.81. The van der Waals surface area contributed by atoms with Crippen LogP contribution in [0.2, 0.25) is 0 Å². The number of carbonyl (C=O) groups excluding carboxylic acids is 1. The quantitative estimate of drug-likeness (QED) is 0.779. The van der Waals surface area contributed by atoms with Gasteiger partial charge in [-0.1, -0.05) is 6.07 Å². The number of aromatic hydroxyl groups is 1. The highest BCUT2D eigenvalue weighted by molar-refractivity contribution is 5.87. The summed E-state index contributed by atoms with van der Waals surface area (Å²) in [4.78, 5) is 11.5. The van der Waals surface area contributed by atoms with E-state index in [1.165, 1.54) is 7.11 Å². The molecule has 1 aromatic rings. The van der Waals surface area contributed by atoms with Gasteiger partial charge in [0.2, 0.25) is 0 Å². The molecule has 0 atom stereocenters. The van der Waals surface area contributed by atoms with Gasteiger partial charge in [-0.05, 0) is 32.9 Å². The molecule has 1 aromatic carbocycles. The van der Waals surface area contributed by atoms with E-state index >= 15 is 0 Å². The summed E-state index contributed by atoms with van der Waals surface area (Å²) in [6.45, 7) is 5.29. The van der Waals surface area contributed by atoms with Crippen LogP contribution in [0, 0.1) is 0 Å². The fourth-order valence-electron chi connectivity index (χ4n) is 1.20. The zero-order chi connectivity index (χ0) is 13.1. The molecule has 17 heavy (non-hydrogen) atoms. The van der Waals surface area contributed by atoms with Crippen molar-refractivity contribution in [3.8, 4) is 11.5 Å². The summed E-state index contributed by atoms with van der Waals surface area (Å²) < 4.78 is 9.99. The minimum Gasteiger partial charge on any atom is -0.503 e. The van der Waals surface area contributed by atoms with Crippen LogP contribution in [0.25, 0.3) is 0 Å². The van der Waals surface area contributed by atoms with E-state index in [2.05, 4.69) is 5.32 Å². The fourth-order valence-corrected chi connectivity index (χ4v) is 1.20. The number of methoxy groups -OCH3 is 1. The number of benzene rings is 1. The number of para-hydroxylation sites is 1. The zero-order valence-electron chi connectivity index (χ0n) is 10.4. The number of ether oxygens (including phenoxy) is 2. The highest BCUT2D eigenvalue weighted by Crippen LogP contribution is 2.33. The van der Waals surface area contributed by atoms with Gasteiger partial charge in [-0.2, -0.15) is 0 Å². The SMILES string of the molecule is COc1cccc(NC(=O)OC(C)(C)C)c1O. The average Bonchev–Trinajstić information content (AvgIpc) is 2.18. The van der Waals surface area contributed by atoms with Gasteiger partial charge in [0, 0.05) is 0 Å². The maximum absolute atomic E-state index is 11.5. The summed E-state index contributed by atoms with van der Waals surface area (Å²) in [5, 5.41) is 12.2. The molecule has 1 rings (SSSR count). The zero-order valence-corrected chi connectivity index (χ0v) is 10.4. The first-order chi connectivity index (χ1) is 7.83. The van der Waals surface area contributed by atoms with Crippen LogP contribution in [0.15, 0.2) is 18.2 Å². The van der Waals surface area contributed by atoms with Gasteiger partial charge < -0.3 is 14.6 Å². The molecule has 0 saturated heterocycles. The van der Waals surface area contributed by atoms with Crippen molar-refractivity contribution in [3.63, 3.8) is 0 Å². The van der Waals surface area contributed by atoms with Crippen LogP contribution in [-0.4, -0.2) is 23.9 Å². The Hall–Kier alpha value is -1.91. The molecule has 0 bridgehead atoms. The summed E-state index contributed by atoms with van der Waals surface area (Å²) in [5.41, 5.74) is -0.336. The summed E-state index contributed by atoms with van der Waals surface area (Å²) >= 11 is 0. The standard InChI is InChI=1S/C12H17NO4/c1-12(2,3)17-11(15)13-8-6-5-7-9(16-4)10(8)14/h5-7,14H,1-4H3,(H,13,15). The molecule has 2 N–H and O–H groups in total. The number of hydrogen-bond acceptors (Lipinski definition) is 4. The molecule has 0 unspecified atom stereocenters. The topological polar surface area (TPSA) is 67.8 Å². The molecule has 5 heteroatoms. The summed E-state index contributed by atoms with van der Waals surface area (Å²) in [6.07, 6.45) is -0.624. The number of hydrogen-bond donors (Lipinski definition) is 2. The summed E-state index contributed by atoms with van der Waals surface area (Å²) in [7, 11) is 1.44. The van der Waals surface area contributed by atoms with Gasteiger partial charge in [0.15, 0.2) is 11.5 Å². The molecule has 0 aliphatic rings. The van der Waals surface area contributed by atoms with E-state index < -0.39 is 11.7 Å². The van der Waals surface area contributed by atoms with Gasteiger partial charge in [-0.15, -0.1) is 0 Å². The largest absolute Gasteiger partial charge is 0.503 e. The third kappa shape index (κ3) is 3.86. The van der Waals surface area contributed by atoms with Crippen LogP contribution in [0.5, 0.6) is 11.5 Å². The minimum absolute atomic E-state index is 0.124. The number of phenolic OH excluding ortho intramolecular Hbond substituents is 1. The monoisotopic (exact) mass is 239 g/mol. The molecule has 0 aliphatic heterocycles. The maximum atomic E-state index is 11.5. The Balaban J connectivity index is 2.79. The van der Waals surface area contributed by atoms with Crippen molar-refractivity contribution in [1.82, 2.24) is 0 Å². The molecule has 0 radical (unpaired) electrons. The van der Waals surface area contributed by atoms with Gasteiger partial charge >= 0.3 is 6.09 Å². The highest BCUT2D eigenvalue weighted by Gasteiger charge is 2.17. The molecular weight excluding hydrogens is 222 g/mol. The van der Waals surface area contributed by atoms with Crippen molar-refractivity contribution < 1.29 is 19.4 Å². The third-order valence-electron chi connectivity index (χ3n) is 1.85. The Bertz CT molecular complexity index is 409. The Morgan fingerprint density at radius 1 is 1.35 bits per heavy atom. The molecule has 5 nitrogen and oxygen atoms in total. The number of nitrogens with one attached hydrogen (secondary N) is 1. The van der Waals surface area contributed by atoms with Crippen molar-refractivity contribution in [1.29, 1.82) is 0 Å². The minimum atomic E-state index is -0.624. The number of rotatable bonds is 2. The average molecular weight is 239 g/mol. The number of phenols is 1. The first-order valence-electron chi connectivity index (χ1n) is 5.19. The van der Waals surface area contributed by atoms with E-state index in [4.69, 9.17) is 9.47 Å². The van der Waals surface area contributed by atoms with E-state index in [0.717, 1.165) is 0 Å². The molecule has 0 saturated carbocycles. The van der Waals surface area contributed by atoms with Gasteiger partial charge in [0.1, 0.15) is 5.60 Å². The first-order valence-corrected chi connectivity index (χ1v) is 5.19. The van der Waals surface area contributed by atoms with Gasteiger partial charge in [0.25, 0.3) is 0 Å². The molecule has 94 valence electrons. The second-order valence-corrected chi connectivity index (χ2v) is 4.48. The van der Waals surface area contributed by atoms with Crippen molar-refractivity contribution >= 4 is 11.8 Å². The number of carbonyl (C=O) groups is 1. The van der Waals surface area contributed by atoms with E-state index in [1.807, 2.05) is 0 Å². The summed E-state index contributed by atoms with van der Waals surface area (Å²) in [5.74, 6) is 0.166. The van der Waals surface area contributed by atoms with Crippen molar-refractivity contribution in [2.45, 2.75) is 26.4 Å². The van der Waals surface area contributed by atoms with E-state index in [9.17, 15) is 9.90 Å². The Labute approximate surface area is 100 Å². The third-order valence-corrected chi connectivity index (χ3v) is 1.85. The van der Waals surface area contributed by atoms with E-state index in [-0.39, 0.29) is 11.4 Å². The molecular formula is C12H17NO4. The molecule has 0 heterocycles. The van der Waals surface area contributed by atoms with Crippen LogP contribution < -0.4 is 10.1 Å². The Morgan fingerprint density at radius 3 is 2.53 bits per heavy atom. The van der Waals surface area contributed by atoms with Crippen molar-refractivity contribution in [2.75, 3.05) is 12.4 Å². The van der Waals surface area contributed by atoms with E-state index in [0.29, 0.717) is 5.75 Å². The van der Waals surface area contributed by atoms with Crippen LogP contribution in [0.4, 0.5) is 10.5 Å². The van der Waals surface area contributed by atoms with Crippen LogP contribution >= 0.6 is 0 Å². The van der Waals surface area contributed by atoms with E-state index in [1.54, 1.807) is 39.0 Å². The number of anilines is 1. The van der Waals surface area contributed by atoms with Crippen molar-refractivity contribution in [3.05, 3.63) is 18.2 Å². The predicted molar refractivity (Wildman–Crippen MR) is 64.5 cm³/mol. The lowest BCUT2D eigenvalue weighted by Gasteiger charge is -2.20. The second kappa shape index (κ2) is 4.95. The number of amides is 1. The van der Waals surface area contributed by atoms with Gasteiger partial charge in [0.05, 0.1) is 12.8 Å². The predicted octanol–water partition coefficient (Wildman–Crippen LogP) is 2.75. The molecule has 0 aromatic heterocycles. The molecule has 0 fully saturated rings.